The molecule has 4 aromatic rings. The number of hydrogen-bond acceptors (Lipinski definition) is 20. The van der Waals surface area contributed by atoms with Gasteiger partial charge >= 0.3 is 0 Å². The first-order valence-electron chi connectivity index (χ1n) is 26.7. The lowest BCUT2D eigenvalue weighted by atomic mass is 10.2. The van der Waals surface area contributed by atoms with Crippen molar-refractivity contribution in [2.75, 3.05) is 165 Å². The van der Waals surface area contributed by atoms with Crippen LogP contribution in [0.2, 0.25) is 0 Å². The van der Waals surface area contributed by atoms with Crippen LogP contribution in [0.25, 0.3) is 0 Å². The third kappa shape index (κ3) is 27.3. The van der Waals surface area contributed by atoms with Crippen LogP contribution in [0.4, 0.5) is 23.3 Å². The van der Waals surface area contributed by atoms with Crippen LogP contribution in [0, 0.1) is 0 Å². The van der Waals surface area contributed by atoms with Crippen LogP contribution in [0.5, 0.6) is 23.0 Å². The Kier molecular flexibility index (Phi) is 30.6. The molecule has 0 bridgehead atoms. The van der Waals surface area contributed by atoms with Crippen molar-refractivity contribution in [2.45, 2.75) is 54.7 Å². The molecule has 0 spiro atoms. The van der Waals surface area contributed by atoms with E-state index in [0.29, 0.717) is 191 Å². The number of fused-ring (bicyclic) bond motifs is 2. The second-order valence-electron chi connectivity index (χ2n) is 17.3. The Morgan fingerprint density at radius 1 is 0.342 bits per heavy atom. The Bertz CT molecular complexity index is 2260. The van der Waals surface area contributed by atoms with Crippen molar-refractivity contribution in [3.63, 3.8) is 0 Å². The molecule has 22 nitrogen and oxygen atoms in total. The number of carbonyl (C=O) groups excluding carboxylic acids is 4. The van der Waals surface area contributed by atoms with E-state index in [2.05, 4.69) is 31.2 Å². The number of anilines is 4. The van der Waals surface area contributed by atoms with Crippen LogP contribution < -0.4 is 40.2 Å². The second kappa shape index (κ2) is 38.7. The summed E-state index contributed by atoms with van der Waals surface area (Å²) in [7, 11) is 0. The fourth-order valence-corrected chi connectivity index (χ4v) is 8.97. The molecular weight excluding hydrogens is 1060 g/mol. The Morgan fingerprint density at radius 3 is 0.911 bits per heavy atom. The SMILES string of the molecule is O=C(CCCSc1ccc2c(c1)OCCOCCOCCOCCOCCO2)Nc1cccc(NC(=O)CCCC(=O)Nc2cccc(NC(=O)CCCSc3ccc4c(c3)OCCOCCOCCOCCOCCO4)n2)n1. The summed E-state index contributed by atoms with van der Waals surface area (Å²) in [6.45, 7) is 8.67. The first kappa shape index (κ1) is 62.4. The van der Waals surface area contributed by atoms with Crippen LogP contribution in [0.15, 0.2) is 82.6 Å². The molecule has 2 aromatic carbocycles. The van der Waals surface area contributed by atoms with Gasteiger partial charge in [-0.2, -0.15) is 0 Å². The van der Waals surface area contributed by atoms with E-state index in [1.54, 1.807) is 59.9 Å². The molecule has 2 aliphatic heterocycles. The Morgan fingerprint density at radius 2 is 0.608 bits per heavy atom. The van der Waals surface area contributed by atoms with Gasteiger partial charge in [0.15, 0.2) is 23.0 Å². The molecule has 2 aromatic heterocycles. The van der Waals surface area contributed by atoms with Gasteiger partial charge in [0.25, 0.3) is 0 Å². The summed E-state index contributed by atoms with van der Waals surface area (Å²) in [5.74, 6) is 3.77. The number of nitrogens with one attached hydrogen (secondary N) is 4. The van der Waals surface area contributed by atoms with Gasteiger partial charge in [-0.25, -0.2) is 9.97 Å². The normalized spacial score (nSPS) is 16.1. The van der Waals surface area contributed by atoms with Crippen LogP contribution in [-0.2, 0) is 57.1 Å². The largest absolute Gasteiger partial charge is 0.487 e. The molecule has 79 heavy (non-hydrogen) atoms. The minimum absolute atomic E-state index is 0.0527. The summed E-state index contributed by atoms with van der Waals surface area (Å²) >= 11 is 3.19. The Hall–Kier alpha value is -5.80. The van der Waals surface area contributed by atoms with Gasteiger partial charge in [-0.1, -0.05) is 12.1 Å². The van der Waals surface area contributed by atoms with Crippen molar-refractivity contribution in [3.05, 3.63) is 72.8 Å². The number of ether oxygens (including phenoxy) is 12. The molecule has 0 fully saturated rings. The summed E-state index contributed by atoms with van der Waals surface area (Å²) in [6.07, 6.45) is 2.08. The molecule has 0 saturated carbocycles. The van der Waals surface area contributed by atoms with Crippen molar-refractivity contribution in [2.24, 2.45) is 0 Å². The van der Waals surface area contributed by atoms with E-state index < -0.39 is 0 Å². The highest BCUT2D eigenvalue weighted by molar-refractivity contribution is 7.99. The second-order valence-corrected chi connectivity index (χ2v) is 19.6. The fourth-order valence-electron chi connectivity index (χ4n) is 7.21. The van der Waals surface area contributed by atoms with E-state index in [0.717, 1.165) is 9.79 Å². The van der Waals surface area contributed by atoms with Crippen LogP contribution in [0.3, 0.4) is 0 Å². The summed E-state index contributed by atoms with van der Waals surface area (Å²) in [5.41, 5.74) is 0. The summed E-state index contributed by atoms with van der Waals surface area (Å²) in [6, 6.07) is 21.4. The lowest BCUT2D eigenvalue weighted by Gasteiger charge is -2.15. The van der Waals surface area contributed by atoms with Crippen molar-refractivity contribution in [1.29, 1.82) is 0 Å². The Balaban J connectivity index is 0.834. The minimum Gasteiger partial charge on any atom is -0.487 e. The quantitative estimate of drug-likeness (QED) is 0.0582. The molecule has 4 N–H and O–H groups in total. The van der Waals surface area contributed by atoms with Crippen LogP contribution >= 0.6 is 23.5 Å². The third-order valence-electron chi connectivity index (χ3n) is 11.0. The summed E-state index contributed by atoms with van der Waals surface area (Å²) in [5, 5.41) is 11.1. The topological polar surface area (TPSA) is 253 Å². The average Bonchev–Trinajstić information content (AvgIpc) is 3.44. The van der Waals surface area contributed by atoms with E-state index in [-0.39, 0.29) is 67.4 Å². The zero-order valence-electron chi connectivity index (χ0n) is 44.7. The van der Waals surface area contributed by atoms with Crippen molar-refractivity contribution in [3.8, 4) is 23.0 Å². The van der Waals surface area contributed by atoms with Gasteiger partial charge < -0.3 is 78.1 Å². The van der Waals surface area contributed by atoms with E-state index in [4.69, 9.17) is 56.8 Å². The zero-order chi connectivity index (χ0) is 55.2. The summed E-state index contributed by atoms with van der Waals surface area (Å²) in [4.78, 5) is 62.0. The molecule has 0 aliphatic carbocycles. The number of amides is 4. The number of pyridine rings is 2. The zero-order valence-corrected chi connectivity index (χ0v) is 46.3. The highest BCUT2D eigenvalue weighted by atomic mass is 32.2. The molecule has 0 radical (unpaired) electrons. The number of carbonyl (C=O) groups is 4. The van der Waals surface area contributed by atoms with Crippen molar-refractivity contribution >= 4 is 70.4 Å². The highest BCUT2D eigenvalue weighted by Gasteiger charge is 2.14. The van der Waals surface area contributed by atoms with Gasteiger partial charge in [0.1, 0.15) is 49.7 Å². The monoisotopic (exact) mass is 1140 g/mol. The minimum atomic E-state index is -0.338. The van der Waals surface area contributed by atoms with E-state index >= 15 is 0 Å². The first-order valence-corrected chi connectivity index (χ1v) is 28.6. The number of aromatic nitrogens is 2. The van der Waals surface area contributed by atoms with Crippen molar-refractivity contribution < 1.29 is 76.0 Å². The maximum absolute atomic E-state index is 12.9. The maximum Gasteiger partial charge on any atom is 0.225 e. The van der Waals surface area contributed by atoms with Crippen LogP contribution in [0.1, 0.15) is 44.9 Å². The van der Waals surface area contributed by atoms with E-state index in [1.165, 1.54) is 0 Å². The predicted octanol–water partition coefficient (Wildman–Crippen LogP) is 6.92. The molecule has 24 heteroatoms. The molecule has 6 rings (SSSR count). The molecule has 432 valence electrons. The number of nitrogens with zero attached hydrogens (tertiary/aromatic N) is 2. The number of rotatable bonds is 18. The van der Waals surface area contributed by atoms with Gasteiger partial charge in [-0.05, 0) is 91.4 Å². The number of hydrogen-bond donors (Lipinski definition) is 4. The van der Waals surface area contributed by atoms with Gasteiger partial charge in [-0.15, -0.1) is 23.5 Å². The van der Waals surface area contributed by atoms with E-state index in [1.807, 2.05) is 36.4 Å². The lowest BCUT2D eigenvalue weighted by Crippen LogP contribution is -2.17. The maximum atomic E-state index is 12.9. The van der Waals surface area contributed by atoms with E-state index in [9.17, 15) is 19.2 Å². The average molecular weight is 1140 g/mol. The molecule has 4 heterocycles. The molecule has 0 unspecified atom stereocenters. The highest BCUT2D eigenvalue weighted by Crippen LogP contribution is 2.34. The predicted molar refractivity (Wildman–Crippen MR) is 298 cm³/mol. The van der Waals surface area contributed by atoms with Gasteiger partial charge in [0.2, 0.25) is 23.6 Å². The van der Waals surface area contributed by atoms with Crippen molar-refractivity contribution in [1.82, 2.24) is 9.97 Å². The van der Waals surface area contributed by atoms with Gasteiger partial charge in [-0.3, -0.25) is 19.2 Å². The molecular formula is C55H74N6O16S2. The van der Waals surface area contributed by atoms with Gasteiger partial charge in [0.05, 0.1) is 106 Å². The fraction of sp³-hybridized carbons (Fsp3) is 0.527. The lowest BCUT2D eigenvalue weighted by molar-refractivity contribution is -0.118. The molecule has 0 atom stereocenters. The van der Waals surface area contributed by atoms with Gasteiger partial charge in [0, 0.05) is 35.5 Å². The smallest absolute Gasteiger partial charge is 0.225 e. The number of benzene rings is 2. The summed E-state index contributed by atoms with van der Waals surface area (Å²) < 4.78 is 68.4. The molecule has 0 saturated heterocycles. The molecule has 2 aliphatic rings. The standard InChI is InChI=1S/C55H74N6O16S2/c62-52(58-48-6-1-8-50(56-48)60-54(64)12-4-38-78-42-14-16-44-46(40-42)76-36-32-72-28-24-68-20-18-66-22-26-70-30-34-74-44)10-3-11-53(63)59-49-7-2-9-51(57-49)61-55(65)13-5-39-79-43-15-17-45-47(41-43)77-37-33-73-29-25-69-21-19-67-23-27-71-31-35-75-45/h1-2,6-9,14-17,40-41H,3-5,10-13,18-39H2,(H2,56,58,60,62,64)(H2,57,59,61,63,65). The van der Waals surface area contributed by atoms with Crippen LogP contribution in [-0.4, -0.2) is 177 Å². The molecule has 4 amide bonds. The Labute approximate surface area is 470 Å². The first-order chi connectivity index (χ1) is 38.9. The number of thioether (sulfide) groups is 2. The third-order valence-corrected chi connectivity index (χ3v) is 13.2.